The molecule has 0 saturated carbocycles. The molecule has 2 heteroatoms. The van der Waals surface area contributed by atoms with E-state index in [1.807, 2.05) is 6.07 Å². The fraction of sp³-hybridized carbons (Fsp3) is 0.0811. The topological polar surface area (TPSA) is 18.1 Å². The average molecular weight is 500 g/mol. The highest BCUT2D eigenvalue weighted by atomic mass is 16.3. The molecule has 0 fully saturated rings. The van der Waals surface area contributed by atoms with Crippen molar-refractivity contribution >= 4 is 54.5 Å². The summed E-state index contributed by atoms with van der Waals surface area (Å²) in [5.74, 6) is 0. The van der Waals surface area contributed by atoms with E-state index in [9.17, 15) is 0 Å². The maximum Gasteiger partial charge on any atom is 0.137 e. The van der Waals surface area contributed by atoms with Crippen LogP contribution >= 0.6 is 0 Å². The van der Waals surface area contributed by atoms with Gasteiger partial charge in [-0.05, 0) is 63.4 Å². The lowest BCUT2D eigenvalue weighted by atomic mass is 9.80. The number of rotatable bonds is 1. The van der Waals surface area contributed by atoms with Gasteiger partial charge in [-0.3, -0.25) is 0 Å². The van der Waals surface area contributed by atoms with Crippen molar-refractivity contribution in [3.8, 4) is 16.8 Å². The molecule has 2 heterocycles. The second-order valence-electron chi connectivity index (χ2n) is 11.3. The van der Waals surface area contributed by atoms with E-state index in [0.717, 1.165) is 27.6 Å². The first-order valence-electron chi connectivity index (χ1n) is 13.6. The monoisotopic (exact) mass is 499 g/mol. The van der Waals surface area contributed by atoms with Crippen LogP contribution in [0.3, 0.4) is 0 Å². The van der Waals surface area contributed by atoms with Crippen LogP contribution in [-0.2, 0) is 5.41 Å². The highest BCUT2D eigenvalue weighted by Gasteiger charge is 2.39. The smallest absolute Gasteiger partial charge is 0.137 e. The van der Waals surface area contributed by atoms with Gasteiger partial charge in [0.05, 0.1) is 22.1 Å². The third-order valence-corrected chi connectivity index (χ3v) is 8.96. The summed E-state index contributed by atoms with van der Waals surface area (Å²) in [4.78, 5) is 0. The Bertz CT molecular complexity index is 2310. The van der Waals surface area contributed by atoms with E-state index in [-0.39, 0.29) is 5.41 Å². The van der Waals surface area contributed by atoms with Crippen LogP contribution in [0.25, 0.3) is 71.3 Å². The molecule has 2 aromatic heterocycles. The highest BCUT2D eigenvalue weighted by Crippen LogP contribution is 2.55. The van der Waals surface area contributed by atoms with E-state index in [1.54, 1.807) is 0 Å². The summed E-state index contributed by atoms with van der Waals surface area (Å²) in [7, 11) is 0. The first-order chi connectivity index (χ1) is 19.1. The number of fused-ring (bicyclic) bond motifs is 12. The number of benzene rings is 6. The minimum atomic E-state index is -0.127. The van der Waals surface area contributed by atoms with E-state index in [2.05, 4.69) is 128 Å². The molecule has 39 heavy (non-hydrogen) atoms. The molecule has 0 radical (unpaired) electrons. The van der Waals surface area contributed by atoms with Crippen molar-refractivity contribution < 1.29 is 4.42 Å². The zero-order valence-electron chi connectivity index (χ0n) is 21.8. The quantitative estimate of drug-likeness (QED) is 0.220. The van der Waals surface area contributed by atoms with E-state index in [0.29, 0.717) is 0 Å². The Balaban J connectivity index is 1.47. The molecule has 2 nitrogen and oxygen atoms in total. The average Bonchev–Trinajstić information content (AvgIpc) is 3.59. The first-order valence-corrected chi connectivity index (χ1v) is 13.6. The van der Waals surface area contributed by atoms with Crippen LogP contribution in [-0.4, -0.2) is 4.57 Å². The van der Waals surface area contributed by atoms with Crippen molar-refractivity contribution in [2.24, 2.45) is 0 Å². The molecular weight excluding hydrogens is 474 g/mol. The number of furan rings is 1. The third-order valence-electron chi connectivity index (χ3n) is 8.96. The molecule has 184 valence electrons. The largest absolute Gasteiger partial charge is 0.456 e. The third kappa shape index (κ3) is 2.56. The van der Waals surface area contributed by atoms with Crippen LogP contribution in [0.4, 0.5) is 0 Å². The fourth-order valence-corrected chi connectivity index (χ4v) is 7.34. The number of para-hydroxylation sites is 2. The Labute approximate surface area is 225 Å². The Morgan fingerprint density at radius 3 is 2.21 bits per heavy atom. The van der Waals surface area contributed by atoms with Crippen molar-refractivity contribution in [3.63, 3.8) is 0 Å². The van der Waals surface area contributed by atoms with Crippen LogP contribution in [0.1, 0.15) is 25.0 Å². The lowest BCUT2D eigenvalue weighted by Crippen LogP contribution is -2.15. The molecule has 0 spiro atoms. The van der Waals surface area contributed by atoms with Crippen molar-refractivity contribution in [2.45, 2.75) is 19.3 Å². The maximum atomic E-state index is 6.29. The summed E-state index contributed by atoms with van der Waals surface area (Å²) in [6.45, 7) is 4.78. The van der Waals surface area contributed by atoms with E-state index >= 15 is 0 Å². The minimum Gasteiger partial charge on any atom is -0.456 e. The Morgan fingerprint density at radius 2 is 1.31 bits per heavy atom. The van der Waals surface area contributed by atoms with Crippen LogP contribution in [0.15, 0.2) is 120 Å². The number of hydrogen-bond donors (Lipinski definition) is 0. The lowest BCUT2D eigenvalue weighted by molar-refractivity contribution is 0.667. The zero-order valence-corrected chi connectivity index (χ0v) is 21.8. The predicted molar refractivity (Wildman–Crippen MR) is 163 cm³/mol. The molecule has 1 aliphatic rings. The van der Waals surface area contributed by atoms with Crippen LogP contribution < -0.4 is 0 Å². The molecule has 0 saturated heterocycles. The molecule has 0 amide bonds. The van der Waals surface area contributed by atoms with Gasteiger partial charge in [-0.25, -0.2) is 0 Å². The maximum absolute atomic E-state index is 6.29. The van der Waals surface area contributed by atoms with E-state index in [4.69, 9.17) is 4.42 Å². The van der Waals surface area contributed by atoms with Crippen LogP contribution in [0.5, 0.6) is 0 Å². The molecule has 8 aromatic rings. The summed E-state index contributed by atoms with van der Waals surface area (Å²) in [6, 6.07) is 41.8. The molecular formula is C37H25NO. The normalized spacial score (nSPS) is 14.1. The summed E-state index contributed by atoms with van der Waals surface area (Å²) in [5, 5.41) is 7.57. The standard InChI is InChI=1S/C37H25NO/c1-37(2)27-20-18-22-10-3-4-11-23(22)33(27)26-19-21-30-35(36(26)37)24-12-5-7-14-28(24)38(30)29-15-9-17-32-34(29)25-13-6-8-16-31(25)39-32/h3-21H,1-2H3. The molecule has 0 N–H and O–H groups in total. The number of hydrogen-bond acceptors (Lipinski definition) is 1. The predicted octanol–water partition coefficient (Wildman–Crippen LogP) is 10.1. The van der Waals surface area contributed by atoms with Crippen molar-refractivity contribution in [2.75, 3.05) is 0 Å². The Hall–Kier alpha value is -4.82. The molecule has 9 rings (SSSR count). The Morgan fingerprint density at radius 1 is 0.564 bits per heavy atom. The first kappa shape index (κ1) is 21.2. The fourth-order valence-electron chi connectivity index (χ4n) is 7.34. The zero-order chi connectivity index (χ0) is 25.9. The van der Waals surface area contributed by atoms with Crippen molar-refractivity contribution in [1.29, 1.82) is 0 Å². The van der Waals surface area contributed by atoms with Gasteiger partial charge in [0, 0.05) is 21.6 Å². The summed E-state index contributed by atoms with van der Waals surface area (Å²) in [6.07, 6.45) is 0. The SMILES string of the molecule is CC1(C)c2ccc3ccccc3c2-c2ccc3c(c21)c1ccccc1n3-c1cccc2oc3ccccc3c12. The van der Waals surface area contributed by atoms with Crippen molar-refractivity contribution in [3.05, 3.63) is 126 Å². The van der Waals surface area contributed by atoms with Crippen molar-refractivity contribution in [1.82, 2.24) is 4.57 Å². The van der Waals surface area contributed by atoms with Gasteiger partial charge in [-0.1, -0.05) is 98.8 Å². The van der Waals surface area contributed by atoms with Gasteiger partial charge < -0.3 is 8.98 Å². The van der Waals surface area contributed by atoms with E-state index < -0.39 is 0 Å². The van der Waals surface area contributed by atoms with Gasteiger partial charge in [-0.15, -0.1) is 0 Å². The number of nitrogens with zero attached hydrogens (tertiary/aromatic N) is 1. The van der Waals surface area contributed by atoms with Gasteiger partial charge in [0.1, 0.15) is 11.2 Å². The van der Waals surface area contributed by atoms with Gasteiger partial charge in [0.25, 0.3) is 0 Å². The summed E-state index contributed by atoms with van der Waals surface area (Å²) >= 11 is 0. The second kappa shape index (κ2) is 7.18. The molecule has 0 atom stereocenters. The molecule has 0 aliphatic heterocycles. The minimum absolute atomic E-state index is 0.127. The molecule has 1 aliphatic carbocycles. The van der Waals surface area contributed by atoms with Gasteiger partial charge in [-0.2, -0.15) is 0 Å². The van der Waals surface area contributed by atoms with Gasteiger partial charge in [0.15, 0.2) is 0 Å². The molecule has 6 aromatic carbocycles. The van der Waals surface area contributed by atoms with Gasteiger partial charge in [0.2, 0.25) is 0 Å². The number of aromatic nitrogens is 1. The lowest BCUT2D eigenvalue weighted by Gasteiger charge is -2.23. The van der Waals surface area contributed by atoms with E-state index in [1.165, 1.54) is 54.8 Å². The van der Waals surface area contributed by atoms with Gasteiger partial charge >= 0.3 is 0 Å². The van der Waals surface area contributed by atoms with Crippen LogP contribution in [0.2, 0.25) is 0 Å². The summed E-state index contributed by atoms with van der Waals surface area (Å²) < 4.78 is 8.74. The molecule has 0 unspecified atom stereocenters. The Kier molecular flexibility index (Phi) is 3.89. The highest BCUT2D eigenvalue weighted by molar-refractivity contribution is 6.18. The van der Waals surface area contributed by atoms with Crippen LogP contribution in [0, 0.1) is 0 Å². The molecule has 0 bridgehead atoms. The summed E-state index contributed by atoms with van der Waals surface area (Å²) in [5.41, 5.74) is 10.9. The second-order valence-corrected chi connectivity index (χ2v) is 11.3.